The van der Waals surface area contributed by atoms with E-state index < -0.39 is 12.0 Å². The molecule has 2 rings (SSSR count). The summed E-state index contributed by atoms with van der Waals surface area (Å²) in [5, 5.41) is 0. The van der Waals surface area contributed by atoms with Crippen LogP contribution in [0.2, 0.25) is 0 Å². The van der Waals surface area contributed by atoms with E-state index in [4.69, 9.17) is 5.73 Å². The number of nitrogens with two attached hydrogens (primary N) is 1. The number of carbonyl (C=O) groups is 2. The van der Waals surface area contributed by atoms with Gasteiger partial charge in [-0.3, -0.25) is 9.59 Å². The van der Waals surface area contributed by atoms with E-state index >= 15 is 0 Å². The molecular weight excluding hydrogens is 268 g/mol. The number of ether oxygens (including phenoxy) is 1. The Morgan fingerprint density at radius 3 is 2.86 bits per heavy atom. The van der Waals surface area contributed by atoms with Crippen LogP contribution < -0.4 is 10.6 Å². The Balaban J connectivity index is 2.04. The number of anilines is 1. The third kappa shape index (κ3) is 3.82. The fraction of sp³-hybridized carbons (Fsp3) is 0.500. The van der Waals surface area contributed by atoms with E-state index in [2.05, 4.69) is 10.8 Å². The van der Waals surface area contributed by atoms with Crippen molar-refractivity contribution < 1.29 is 14.3 Å². The van der Waals surface area contributed by atoms with Crippen LogP contribution in [0.15, 0.2) is 24.3 Å². The molecule has 1 aliphatic rings. The number of hydrogen-bond donors (Lipinski definition) is 1. The minimum atomic E-state index is -0.735. The number of hydrogen-bond acceptors (Lipinski definition) is 4. The fourth-order valence-electron chi connectivity index (χ4n) is 2.63. The molecule has 0 bridgehead atoms. The highest BCUT2D eigenvalue weighted by atomic mass is 16.5. The van der Waals surface area contributed by atoms with Crippen molar-refractivity contribution in [1.29, 1.82) is 0 Å². The van der Waals surface area contributed by atoms with Gasteiger partial charge in [0.05, 0.1) is 7.11 Å². The van der Waals surface area contributed by atoms with Gasteiger partial charge in [-0.05, 0) is 37.3 Å². The van der Waals surface area contributed by atoms with Crippen molar-refractivity contribution in [3.05, 3.63) is 29.8 Å². The van der Waals surface area contributed by atoms with Crippen molar-refractivity contribution in [2.45, 2.75) is 38.1 Å². The molecule has 5 heteroatoms. The van der Waals surface area contributed by atoms with Crippen molar-refractivity contribution in [3.63, 3.8) is 0 Å². The van der Waals surface area contributed by atoms with Gasteiger partial charge in [-0.2, -0.15) is 0 Å². The van der Waals surface area contributed by atoms with Crippen LogP contribution in [0.25, 0.3) is 0 Å². The number of carbonyl (C=O) groups excluding carboxylic acids is 2. The molecule has 0 saturated heterocycles. The van der Waals surface area contributed by atoms with E-state index in [1.165, 1.54) is 12.7 Å². The van der Waals surface area contributed by atoms with Crippen LogP contribution in [-0.2, 0) is 20.7 Å². The Morgan fingerprint density at radius 2 is 2.10 bits per heavy atom. The average molecular weight is 290 g/mol. The summed E-state index contributed by atoms with van der Waals surface area (Å²) in [7, 11) is 1.30. The van der Waals surface area contributed by atoms with Gasteiger partial charge in [-0.25, -0.2) is 0 Å². The standard InChI is InChI=1S/C16H22N2O3/c1-21-16(20)13(17)9-10-15(19)18-11-5-4-7-12-6-2-3-8-14(12)18/h2-3,6,8,13H,4-5,7,9-11,17H2,1H3/t13-/m0/s1. The van der Waals surface area contributed by atoms with Crippen molar-refractivity contribution in [2.24, 2.45) is 5.73 Å². The van der Waals surface area contributed by atoms with E-state index in [1.807, 2.05) is 23.1 Å². The number of aryl methyl sites for hydroxylation is 1. The smallest absolute Gasteiger partial charge is 0.322 e. The highest BCUT2D eigenvalue weighted by Gasteiger charge is 2.22. The summed E-state index contributed by atoms with van der Waals surface area (Å²) in [5.41, 5.74) is 7.89. The predicted molar refractivity (Wildman–Crippen MR) is 81.0 cm³/mol. The van der Waals surface area contributed by atoms with Crippen LogP contribution in [0, 0.1) is 0 Å². The first-order chi connectivity index (χ1) is 10.1. The fourth-order valence-corrected chi connectivity index (χ4v) is 2.63. The highest BCUT2D eigenvalue weighted by molar-refractivity contribution is 5.94. The minimum Gasteiger partial charge on any atom is -0.468 e. The second-order valence-electron chi connectivity index (χ2n) is 5.30. The number of para-hydroxylation sites is 1. The lowest BCUT2D eigenvalue weighted by molar-refractivity contribution is -0.142. The first kappa shape index (κ1) is 15.5. The quantitative estimate of drug-likeness (QED) is 0.856. The molecule has 1 aliphatic heterocycles. The molecule has 2 N–H and O–H groups in total. The molecule has 0 aromatic heterocycles. The molecule has 0 spiro atoms. The van der Waals surface area contributed by atoms with Gasteiger partial charge in [-0.1, -0.05) is 18.2 Å². The summed E-state index contributed by atoms with van der Waals surface area (Å²) in [6.07, 6.45) is 3.64. The van der Waals surface area contributed by atoms with Crippen molar-refractivity contribution in [3.8, 4) is 0 Å². The molecule has 21 heavy (non-hydrogen) atoms. The van der Waals surface area contributed by atoms with Crippen molar-refractivity contribution in [2.75, 3.05) is 18.6 Å². The molecule has 1 aromatic carbocycles. The number of nitrogens with zero attached hydrogens (tertiary/aromatic N) is 1. The van der Waals surface area contributed by atoms with E-state index in [9.17, 15) is 9.59 Å². The van der Waals surface area contributed by atoms with E-state index in [0.29, 0.717) is 6.42 Å². The van der Waals surface area contributed by atoms with Gasteiger partial charge in [-0.15, -0.1) is 0 Å². The van der Waals surface area contributed by atoms with Crippen LogP contribution in [0.3, 0.4) is 0 Å². The molecule has 1 amide bonds. The predicted octanol–water partition coefficient (Wildman–Crippen LogP) is 1.64. The molecular formula is C16H22N2O3. The summed E-state index contributed by atoms with van der Waals surface area (Å²) >= 11 is 0. The maximum Gasteiger partial charge on any atom is 0.322 e. The summed E-state index contributed by atoms with van der Waals surface area (Å²) in [6.45, 7) is 0.726. The van der Waals surface area contributed by atoms with Gasteiger partial charge in [0.25, 0.3) is 0 Å². The zero-order chi connectivity index (χ0) is 15.2. The maximum atomic E-state index is 12.4. The topological polar surface area (TPSA) is 72.6 Å². The summed E-state index contributed by atoms with van der Waals surface area (Å²) in [5.74, 6) is -0.456. The number of methoxy groups -OCH3 is 1. The molecule has 1 atom stereocenters. The Hall–Kier alpha value is -1.88. The maximum absolute atomic E-state index is 12.4. The average Bonchev–Trinajstić information content (AvgIpc) is 2.73. The summed E-state index contributed by atoms with van der Waals surface area (Å²) < 4.78 is 4.58. The molecule has 0 aliphatic carbocycles. The van der Waals surface area contributed by atoms with Crippen LogP contribution in [0.5, 0.6) is 0 Å². The highest BCUT2D eigenvalue weighted by Crippen LogP contribution is 2.26. The molecule has 1 aromatic rings. The molecule has 0 fully saturated rings. The van der Waals surface area contributed by atoms with E-state index in [1.54, 1.807) is 0 Å². The zero-order valence-electron chi connectivity index (χ0n) is 12.4. The van der Waals surface area contributed by atoms with E-state index in [0.717, 1.165) is 31.5 Å². The SMILES string of the molecule is COC(=O)[C@@H](N)CCC(=O)N1CCCCc2ccccc21. The summed E-state index contributed by atoms with van der Waals surface area (Å²) in [4.78, 5) is 25.6. The van der Waals surface area contributed by atoms with Gasteiger partial charge < -0.3 is 15.4 Å². The second kappa shape index (κ2) is 7.22. The Labute approximate surface area is 125 Å². The molecule has 0 radical (unpaired) electrons. The van der Waals surface area contributed by atoms with E-state index in [-0.39, 0.29) is 12.3 Å². The van der Waals surface area contributed by atoms with Crippen LogP contribution >= 0.6 is 0 Å². The van der Waals surface area contributed by atoms with Gasteiger partial charge in [0.1, 0.15) is 6.04 Å². The minimum absolute atomic E-state index is 0.0173. The number of rotatable bonds is 4. The lowest BCUT2D eigenvalue weighted by Crippen LogP contribution is -2.36. The number of fused-ring (bicyclic) bond motifs is 1. The molecule has 5 nitrogen and oxygen atoms in total. The number of esters is 1. The summed E-state index contributed by atoms with van der Waals surface area (Å²) in [6, 6.07) is 7.27. The second-order valence-corrected chi connectivity index (χ2v) is 5.30. The Bertz CT molecular complexity index is 516. The Kier molecular flexibility index (Phi) is 5.33. The van der Waals surface area contributed by atoms with Crippen molar-refractivity contribution in [1.82, 2.24) is 0 Å². The van der Waals surface area contributed by atoms with Crippen molar-refractivity contribution >= 4 is 17.6 Å². The number of amides is 1. The zero-order valence-corrected chi connectivity index (χ0v) is 12.4. The monoisotopic (exact) mass is 290 g/mol. The van der Waals surface area contributed by atoms with Crippen LogP contribution in [0.1, 0.15) is 31.2 Å². The van der Waals surface area contributed by atoms with Gasteiger partial charge in [0, 0.05) is 18.7 Å². The largest absolute Gasteiger partial charge is 0.468 e. The first-order valence-corrected chi connectivity index (χ1v) is 7.35. The molecule has 114 valence electrons. The van der Waals surface area contributed by atoms with Gasteiger partial charge >= 0.3 is 5.97 Å². The molecule has 1 heterocycles. The van der Waals surface area contributed by atoms with Crippen LogP contribution in [-0.4, -0.2) is 31.6 Å². The molecule has 0 saturated carbocycles. The molecule has 0 unspecified atom stereocenters. The Morgan fingerprint density at radius 1 is 1.33 bits per heavy atom. The normalized spacial score (nSPS) is 15.8. The van der Waals surface area contributed by atoms with Gasteiger partial charge in [0.15, 0.2) is 0 Å². The van der Waals surface area contributed by atoms with Gasteiger partial charge in [0.2, 0.25) is 5.91 Å². The third-order valence-electron chi connectivity index (χ3n) is 3.83. The van der Waals surface area contributed by atoms with Crippen LogP contribution in [0.4, 0.5) is 5.69 Å². The lowest BCUT2D eigenvalue weighted by Gasteiger charge is -2.23. The first-order valence-electron chi connectivity index (χ1n) is 7.35. The lowest BCUT2D eigenvalue weighted by atomic mass is 10.1. The number of benzene rings is 1. The third-order valence-corrected chi connectivity index (χ3v) is 3.83.